The topological polar surface area (TPSA) is 55.5 Å². The number of halogens is 1. The minimum Gasteiger partial charge on any atom is -0.361 e. The quantitative estimate of drug-likeness (QED) is 0.403. The number of hydrogen-bond acceptors (Lipinski definition) is 2. The van der Waals surface area contributed by atoms with Crippen molar-refractivity contribution in [2.75, 3.05) is 27.2 Å². The molecule has 0 aliphatic heterocycles. The normalized spacial score (nSPS) is 12.0. The number of nitrogens with one attached hydrogen (secondary N) is 3. The third-order valence-electron chi connectivity index (χ3n) is 4.67. The Bertz CT molecular complexity index is 961. The average Bonchev–Trinajstić information content (AvgIpc) is 3.08. The van der Waals surface area contributed by atoms with Crippen molar-refractivity contribution in [1.82, 2.24) is 20.5 Å². The van der Waals surface area contributed by atoms with Gasteiger partial charge in [0.05, 0.1) is 6.54 Å². The second kappa shape index (κ2) is 10.1. The number of aromatic nitrogens is 1. The van der Waals surface area contributed by atoms with Crippen LogP contribution in [-0.4, -0.2) is 43.0 Å². The van der Waals surface area contributed by atoms with E-state index in [1.807, 2.05) is 6.20 Å². The molecule has 29 heavy (non-hydrogen) atoms. The van der Waals surface area contributed by atoms with Gasteiger partial charge in [0, 0.05) is 36.7 Å². The third-order valence-corrected chi connectivity index (χ3v) is 4.67. The highest BCUT2D eigenvalue weighted by Gasteiger charge is 2.06. The summed E-state index contributed by atoms with van der Waals surface area (Å²) < 4.78 is 13.5. The van der Waals surface area contributed by atoms with Crippen molar-refractivity contribution in [3.63, 3.8) is 0 Å². The molecule has 0 radical (unpaired) electrons. The van der Waals surface area contributed by atoms with Crippen molar-refractivity contribution in [3.05, 3.63) is 71.2 Å². The van der Waals surface area contributed by atoms with E-state index in [-0.39, 0.29) is 5.82 Å². The molecule has 0 unspecified atom stereocenters. The highest BCUT2D eigenvalue weighted by atomic mass is 19.1. The first-order valence-electron chi connectivity index (χ1n) is 10.1. The van der Waals surface area contributed by atoms with Crippen LogP contribution in [-0.2, 0) is 19.5 Å². The fourth-order valence-corrected chi connectivity index (χ4v) is 3.38. The molecule has 1 aromatic heterocycles. The van der Waals surface area contributed by atoms with Crippen LogP contribution in [0.25, 0.3) is 10.9 Å². The Balaban J connectivity index is 1.60. The Labute approximate surface area is 172 Å². The van der Waals surface area contributed by atoms with Crippen LogP contribution < -0.4 is 10.6 Å². The van der Waals surface area contributed by atoms with Crippen molar-refractivity contribution in [2.24, 2.45) is 4.99 Å². The Morgan fingerprint density at radius 3 is 2.72 bits per heavy atom. The lowest BCUT2D eigenvalue weighted by atomic mass is 10.1. The zero-order valence-corrected chi connectivity index (χ0v) is 17.4. The summed E-state index contributed by atoms with van der Waals surface area (Å²) in [5.74, 6) is 0.578. The van der Waals surface area contributed by atoms with Gasteiger partial charge in [-0.1, -0.05) is 24.3 Å². The number of hydrogen-bond donors (Lipinski definition) is 3. The van der Waals surface area contributed by atoms with Gasteiger partial charge in [-0.2, -0.15) is 0 Å². The highest BCUT2D eigenvalue weighted by molar-refractivity contribution is 5.83. The van der Waals surface area contributed by atoms with Gasteiger partial charge in [0.2, 0.25) is 0 Å². The van der Waals surface area contributed by atoms with Gasteiger partial charge in [-0.05, 0) is 62.3 Å². The van der Waals surface area contributed by atoms with E-state index < -0.39 is 0 Å². The number of aromatic amines is 1. The molecule has 0 atom stereocenters. The monoisotopic (exact) mass is 395 g/mol. The maximum absolute atomic E-state index is 13.5. The largest absolute Gasteiger partial charge is 0.361 e. The van der Waals surface area contributed by atoms with Crippen molar-refractivity contribution in [3.8, 4) is 0 Å². The van der Waals surface area contributed by atoms with Crippen molar-refractivity contribution in [2.45, 2.75) is 26.4 Å². The minimum atomic E-state index is -0.210. The zero-order valence-electron chi connectivity index (χ0n) is 17.4. The first-order valence-corrected chi connectivity index (χ1v) is 10.1. The van der Waals surface area contributed by atoms with Crippen LogP contribution >= 0.6 is 0 Å². The van der Waals surface area contributed by atoms with Crippen LogP contribution in [0.3, 0.4) is 0 Å². The van der Waals surface area contributed by atoms with E-state index in [1.165, 1.54) is 17.2 Å². The van der Waals surface area contributed by atoms with Crippen molar-refractivity contribution < 1.29 is 4.39 Å². The van der Waals surface area contributed by atoms with Gasteiger partial charge in [-0.15, -0.1) is 0 Å². The van der Waals surface area contributed by atoms with Crippen LogP contribution in [0.5, 0.6) is 0 Å². The molecule has 0 saturated carbocycles. The van der Waals surface area contributed by atoms with Crippen LogP contribution in [0.15, 0.2) is 53.7 Å². The standard InChI is InChI=1S/C23H30FN5/c1-4-25-23(28-14-17-6-5-7-18(12-17)16-29(2)3)26-11-10-19-15-27-22-9-8-20(24)13-21(19)22/h5-9,12-13,15,27H,4,10-11,14,16H2,1-3H3,(H2,25,26,28). The molecular formula is C23H30FN5. The molecule has 0 saturated heterocycles. The van der Waals surface area contributed by atoms with E-state index in [4.69, 9.17) is 4.99 Å². The predicted octanol–water partition coefficient (Wildman–Crippen LogP) is 3.67. The third kappa shape index (κ3) is 6.06. The molecule has 0 amide bonds. The van der Waals surface area contributed by atoms with Crippen molar-refractivity contribution >= 4 is 16.9 Å². The Morgan fingerprint density at radius 1 is 1.10 bits per heavy atom. The fourth-order valence-electron chi connectivity index (χ4n) is 3.38. The lowest BCUT2D eigenvalue weighted by molar-refractivity contribution is 0.402. The fraction of sp³-hybridized carbons (Fsp3) is 0.348. The van der Waals surface area contributed by atoms with E-state index in [0.717, 1.165) is 48.5 Å². The smallest absolute Gasteiger partial charge is 0.191 e. The number of fused-ring (bicyclic) bond motifs is 1. The molecule has 0 spiro atoms. The number of H-pyrrole nitrogens is 1. The predicted molar refractivity (Wildman–Crippen MR) is 119 cm³/mol. The van der Waals surface area contributed by atoms with E-state index in [0.29, 0.717) is 6.54 Å². The number of rotatable bonds is 8. The number of nitrogens with zero attached hydrogens (tertiary/aromatic N) is 2. The molecule has 0 fully saturated rings. The van der Waals surface area contributed by atoms with Crippen LogP contribution in [0, 0.1) is 5.82 Å². The summed E-state index contributed by atoms with van der Waals surface area (Å²) in [6, 6.07) is 13.4. The van der Waals surface area contributed by atoms with Crippen LogP contribution in [0.1, 0.15) is 23.6 Å². The molecule has 0 aliphatic rings. The summed E-state index contributed by atoms with van der Waals surface area (Å²) >= 11 is 0. The zero-order chi connectivity index (χ0) is 20.6. The lowest BCUT2D eigenvalue weighted by Crippen LogP contribution is -2.38. The number of guanidine groups is 1. The Kier molecular flexibility index (Phi) is 7.25. The van der Waals surface area contributed by atoms with Crippen molar-refractivity contribution in [1.29, 1.82) is 0 Å². The maximum atomic E-state index is 13.5. The Morgan fingerprint density at radius 2 is 1.93 bits per heavy atom. The average molecular weight is 396 g/mol. The molecule has 5 nitrogen and oxygen atoms in total. The molecule has 6 heteroatoms. The molecule has 3 rings (SSSR count). The number of benzene rings is 2. The molecule has 2 aromatic carbocycles. The van der Waals surface area contributed by atoms with Gasteiger partial charge >= 0.3 is 0 Å². The number of aliphatic imine (C=N–C) groups is 1. The van der Waals surface area contributed by atoms with E-state index >= 15 is 0 Å². The Hall–Kier alpha value is -2.86. The summed E-state index contributed by atoms with van der Waals surface area (Å²) in [7, 11) is 4.14. The molecular weight excluding hydrogens is 365 g/mol. The highest BCUT2D eigenvalue weighted by Crippen LogP contribution is 2.19. The van der Waals surface area contributed by atoms with Gasteiger partial charge in [-0.3, -0.25) is 0 Å². The molecule has 0 aliphatic carbocycles. The minimum absolute atomic E-state index is 0.210. The van der Waals surface area contributed by atoms with E-state index in [2.05, 4.69) is 65.8 Å². The summed E-state index contributed by atoms with van der Waals surface area (Å²) in [5.41, 5.74) is 4.53. The molecule has 1 heterocycles. The van der Waals surface area contributed by atoms with Gasteiger partial charge in [-0.25, -0.2) is 9.38 Å². The molecule has 154 valence electrons. The maximum Gasteiger partial charge on any atom is 0.191 e. The van der Waals surface area contributed by atoms with Gasteiger partial charge in [0.15, 0.2) is 5.96 Å². The first-order chi connectivity index (χ1) is 14.0. The first kappa shape index (κ1) is 20.9. The summed E-state index contributed by atoms with van der Waals surface area (Å²) in [6.07, 6.45) is 2.73. The van der Waals surface area contributed by atoms with Crippen LogP contribution in [0.2, 0.25) is 0 Å². The summed E-state index contributed by atoms with van der Waals surface area (Å²) in [5, 5.41) is 7.60. The van der Waals surface area contributed by atoms with Gasteiger partial charge in [0.25, 0.3) is 0 Å². The molecule has 3 aromatic rings. The lowest BCUT2D eigenvalue weighted by Gasteiger charge is -2.12. The summed E-state index contributed by atoms with van der Waals surface area (Å²) in [4.78, 5) is 10.1. The van der Waals surface area contributed by atoms with E-state index in [1.54, 1.807) is 12.1 Å². The SMILES string of the molecule is CCNC(=NCc1cccc(CN(C)C)c1)NCCc1c[nH]c2ccc(F)cc12. The molecule has 0 bridgehead atoms. The van der Waals surface area contributed by atoms with Gasteiger partial charge in [0.1, 0.15) is 5.82 Å². The van der Waals surface area contributed by atoms with Gasteiger partial charge < -0.3 is 20.5 Å². The van der Waals surface area contributed by atoms with E-state index in [9.17, 15) is 4.39 Å². The molecule has 3 N–H and O–H groups in total. The summed E-state index contributed by atoms with van der Waals surface area (Å²) in [6.45, 7) is 5.11. The second-order valence-corrected chi connectivity index (χ2v) is 7.43. The van der Waals surface area contributed by atoms with Crippen LogP contribution in [0.4, 0.5) is 4.39 Å². The second-order valence-electron chi connectivity index (χ2n) is 7.43.